The number of hydrogen-bond donors (Lipinski definition) is 1. The number of carbonyl (C=O) groups is 1. The molecule has 1 aromatic carbocycles. The van der Waals surface area contributed by atoms with Crippen molar-refractivity contribution in [2.45, 2.75) is 30.3 Å². The van der Waals surface area contributed by atoms with Crippen LogP contribution in [0.4, 0.5) is 18.9 Å². The van der Waals surface area contributed by atoms with Crippen molar-refractivity contribution in [1.29, 1.82) is 0 Å². The van der Waals surface area contributed by atoms with Crippen LogP contribution in [-0.2, 0) is 14.8 Å². The number of rotatable bonds is 3. The number of carbonyl (C=O) groups excluding carboxylic acids is 1. The van der Waals surface area contributed by atoms with Gasteiger partial charge in [-0.1, -0.05) is 6.42 Å². The summed E-state index contributed by atoms with van der Waals surface area (Å²) in [5.41, 5.74) is -0.111. The third-order valence-electron chi connectivity index (χ3n) is 3.32. The molecule has 122 valence electrons. The second-order valence-corrected chi connectivity index (χ2v) is 6.88. The van der Waals surface area contributed by atoms with Crippen LogP contribution >= 0.6 is 0 Å². The fourth-order valence-electron chi connectivity index (χ4n) is 2.17. The zero-order valence-corrected chi connectivity index (χ0v) is 12.4. The van der Waals surface area contributed by atoms with E-state index in [4.69, 9.17) is 0 Å². The van der Waals surface area contributed by atoms with E-state index in [1.54, 1.807) is 5.32 Å². The Morgan fingerprint density at radius 3 is 2.09 bits per heavy atom. The van der Waals surface area contributed by atoms with Crippen molar-refractivity contribution in [3.05, 3.63) is 24.3 Å². The highest BCUT2D eigenvalue weighted by Crippen LogP contribution is 2.23. The van der Waals surface area contributed by atoms with Crippen LogP contribution in [0.2, 0.25) is 0 Å². The average Bonchev–Trinajstić information content (AvgIpc) is 2.48. The number of anilines is 1. The summed E-state index contributed by atoms with van der Waals surface area (Å²) in [6.45, 7) is 0.879. The molecule has 2 rings (SSSR count). The molecule has 0 spiro atoms. The lowest BCUT2D eigenvalue weighted by Crippen LogP contribution is -2.35. The third-order valence-corrected chi connectivity index (χ3v) is 5.24. The van der Waals surface area contributed by atoms with Gasteiger partial charge in [0.05, 0.1) is 4.90 Å². The molecule has 1 aliphatic rings. The van der Waals surface area contributed by atoms with Crippen molar-refractivity contribution in [2.75, 3.05) is 18.4 Å². The minimum atomic E-state index is -4.99. The fraction of sp³-hybridized carbons (Fsp3) is 0.462. The molecule has 22 heavy (non-hydrogen) atoms. The standard InChI is InChI=1S/C13H15F3N2O3S/c14-13(15,16)12(19)17-10-4-6-11(7-5-10)22(20,21)18-8-2-1-3-9-18/h4-7H,1-3,8-9H2,(H,17,19). The van der Waals surface area contributed by atoms with E-state index in [9.17, 15) is 26.4 Å². The van der Waals surface area contributed by atoms with Crippen LogP contribution in [0.5, 0.6) is 0 Å². The number of halogens is 3. The predicted octanol–water partition coefficient (Wildman–Crippen LogP) is 2.36. The van der Waals surface area contributed by atoms with Crippen molar-refractivity contribution in [3.8, 4) is 0 Å². The molecule has 1 saturated heterocycles. The van der Waals surface area contributed by atoms with Crippen LogP contribution in [-0.4, -0.2) is 37.9 Å². The number of alkyl halides is 3. The molecule has 1 N–H and O–H groups in total. The fourth-order valence-corrected chi connectivity index (χ4v) is 3.68. The number of hydrogen-bond acceptors (Lipinski definition) is 3. The zero-order chi connectivity index (χ0) is 16.4. The molecule has 1 aliphatic heterocycles. The number of benzene rings is 1. The molecular formula is C13H15F3N2O3S. The topological polar surface area (TPSA) is 66.5 Å². The van der Waals surface area contributed by atoms with Crippen LogP contribution in [0, 0.1) is 0 Å². The van der Waals surface area contributed by atoms with Gasteiger partial charge in [0, 0.05) is 18.8 Å². The lowest BCUT2D eigenvalue weighted by atomic mass is 10.2. The van der Waals surface area contributed by atoms with E-state index in [0.29, 0.717) is 13.1 Å². The first kappa shape index (κ1) is 16.8. The lowest BCUT2D eigenvalue weighted by molar-refractivity contribution is -0.167. The van der Waals surface area contributed by atoms with Gasteiger partial charge in [-0.15, -0.1) is 0 Å². The second-order valence-electron chi connectivity index (χ2n) is 4.94. The lowest BCUT2D eigenvalue weighted by Gasteiger charge is -2.25. The van der Waals surface area contributed by atoms with Crippen molar-refractivity contribution in [1.82, 2.24) is 4.31 Å². The molecule has 5 nitrogen and oxygen atoms in total. The van der Waals surface area contributed by atoms with Gasteiger partial charge in [0.25, 0.3) is 0 Å². The molecule has 1 amide bonds. The summed E-state index contributed by atoms with van der Waals surface area (Å²) >= 11 is 0. The SMILES string of the molecule is O=C(Nc1ccc(S(=O)(=O)N2CCCCC2)cc1)C(F)(F)F. The molecule has 0 unspecified atom stereocenters. The quantitative estimate of drug-likeness (QED) is 0.921. The molecule has 0 radical (unpaired) electrons. The molecule has 0 bridgehead atoms. The van der Waals surface area contributed by atoms with Crippen molar-refractivity contribution in [2.24, 2.45) is 0 Å². The van der Waals surface area contributed by atoms with Crippen LogP contribution in [0.15, 0.2) is 29.2 Å². The number of amides is 1. The van der Waals surface area contributed by atoms with E-state index in [1.807, 2.05) is 0 Å². The van der Waals surface area contributed by atoms with E-state index in [-0.39, 0.29) is 10.6 Å². The van der Waals surface area contributed by atoms with Gasteiger partial charge in [0.15, 0.2) is 0 Å². The Kier molecular flexibility index (Phi) is 4.76. The largest absolute Gasteiger partial charge is 0.471 e. The summed E-state index contributed by atoms with van der Waals surface area (Å²) in [6, 6.07) is 4.66. The Hall–Kier alpha value is -1.61. The molecule has 0 atom stereocenters. The number of sulfonamides is 1. The van der Waals surface area contributed by atoms with E-state index < -0.39 is 22.1 Å². The Morgan fingerprint density at radius 2 is 1.59 bits per heavy atom. The summed E-state index contributed by atoms with van der Waals surface area (Å²) in [4.78, 5) is 10.8. The van der Waals surface area contributed by atoms with Crippen molar-refractivity contribution >= 4 is 21.6 Å². The molecule has 0 aliphatic carbocycles. The Labute approximate surface area is 126 Å². The van der Waals surface area contributed by atoms with Gasteiger partial charge < -0.3 is 5.32 Å². The minimum Gasteiger partial charge on any atom is -0.318 e. The summed E-state index contributed by atoms with van der Waals surface area (Å²) in [7, 11) is -3.64. The highest BCUT2D eigenvalue weighted by atomic mass is 32.2. The number of piperidine rings is 1. The van der Waals surface area contributed by atoms with E-state index in [2.05, 4.69) is 0 Å². The molecular weight excluding hydrogens is 321 g/mol. The van der Waals surface area contributed by atoms with Crippen LogP contribution < -0.4 is 5.32 Å². The van der Waals surface area contributed by atoms with E-state index >= 15 is 0 Å². The molecule has 1 aromatic rings. The maximum absolute atomic E-state index is 12.3. The average molecular weight is 336 g/mol. The second kappa shape index (κ2) is 6.25. The van der Waals surface area contributed by atoms with Gasteiger partial charge in [0.1, 0.15) is 0 Å². The third kappa shape index (κ3) is 3.77. The predicted molar refractivity (Wildman–Crippen MR) is 73.7 cm³/mol. The molecule has 1 fully saturated rings. The Morgan fingerprint density at radius 1 is 1.05 bits per heavy atom. The van der Waals surface area contributed by atoms with Crippen molar-refractivity contribution < 1.29 is 26.4 Å². The van der Waals surface area contributed by atoms with Crippen LogP contribution in [0.25, 0.3) is 0 Å². The smallest absolute Gasteiger partial charge is 0.318 e. The van der Waals surface area contributed by atoms with E-state index in [1.165, 1.54) is 16.4 Å². The molecule has 1 heterocycles. The molecule has 0 aromatic heterocycles. The van der Waals surface area contributed by atoms with Gasteiger partial charge in [-0.3, -0.25) is 4.79 Å². The van der Waals surface area contributed by atoms with Gasteiger partial charge in [-0.05, 0) is 37.1 Å². The summed E-state index contributed by atoms with van der Waals surface area (Å²) in [5.74, 6) is -2.10. The van der Waals surface area contributed by atoms with Gasteiger partial charge in [0.2, 0.25) is 10.0 Å². The first-order valence-corrected chi connectivity index (χ1v) is 8.13. The normalized spacial score (nSPS) is 17.2. The number of nitrogens with one attached hydrogen (secondary N) is 1. The molecule has 9 heteroatoms. The van der Waals surface area contributed by atoms with Crippen molar-refractivity contribution in [3.63, 3.8) is 0 Å². The maximum atomic E-state index is 12.3. The Balaban J connectivity index is 2.13. The van der Waals surface area contributed by atoms with Crippen LogP contribution in [0.1, 0.15) is 19.3 Å². The number of nitrogens with zero attached hydrogens (tertiary/aromatic N) is 1. The maximum Gasteiger partial charge on any atom is 0.471 e. The van der Waals surface area contributed by atoms with E-state index in [0.717, 1.165) is 31.4 Å². The minimum absolute atomic E-state index is 0.000548. The zero-order valence-electron chi connectivity index (χ0n) is 11.6. The highest BCUT2D eigenvalue weighted by Gasteiger charge is 2.38. The monoisotopic (exact) mass is 336 g/mol. The summed E-state index contributed by atoms with van der Waals surface area (Å²) in [6.07, 6.45) is -2.43. The first-order chi connectivity index (χ1) is 10.2. The van der Waals surface area contributed by atoms with Gasteiger partial charge in [-0.25, -0.2) is 8.42 Å². The van der Waals surface area contributed by atoms with Gasteiger partial charge >= 0.3 is 12.1 Å². The summed E-state index contributed by atoms with van der Waals surface area (Å²) < 4.78 is 62.4. The highest BCUT2D eigenvalue weighted by molar-refractivity contribution is 7.89. The summed E-state index contributed by atoms with van der Waals surface area (Å²) in [5, 5.41) is 1.67. The van der Waals surface area contributed by atoms with Gasteiger partial charge in [-0.2, -0.15) is 17.5 Å². The van der Waals surface area contributed by atoms with Crippen LogP contribution in [0.3, 0.4) is 0 Å². The Bertz CT molecular complexity index is 635. The molecule has 0 saturated carbocycles. The first-order valence-electron chi connectivity index (χ1n) is 6.69.